The topological polar surface area (TPSA) is 66.8 Å². The molecule has 0 fully saturated rings. The van der Waals surface area contributed by atoms with Crippen molar-refractivity contribution < 1.29 is 19.1 Å². The summed E-state index contributed by atoms with van der Waals surface area (Å²) < 4.78 is 15.9. The van der Waals surface area contributed by atoms with Crippen molar-refractivity contribution in [2.45, 2.75) is 4.99 Å². The molecular weight excluding hydrogens is 223 g/mol. The standard InChI is InChI=1S/C8H11O4PS/c1-12-7-5-3-2-4-6(7)8(14)13(9,10)11/h2-5,8,14H,1H3,(H2,9,10,11). The van der Waals surface area contributed by atoms with Gasteiger partial charge in [-0.15, -0.1) is 0 Å². The van der Waals surface area contributed by atoms with Crippen molar-refractivity contribution in [3.05, 3.63) is 29.8 Å². The molecule has 0 spiro atoms. The van der Waals surface area contributed by atoms with Crippen LogP contribution in [0.15, 0.2) is 24.3 Å². The molecule has 6 heteroatoms. The first-order valence-electron chi connectivity index (χ1n) is 3.83. The van der Waals surface area contributed by atoms with Gasteiger partial charge in [0.05, 0.1) is 7.11 Å². The predicted octanol–water partition coefficient (Wildman–Crippen LogP) is 1.80. The largest absolute Gasteiger partial charge is 0.496 e. The van der Waals surface area contributed by atoms with E-state index in [4.69, 9.17) is 14.5 Å². The average Bonchev–Trinajstić information content (AvgIpc) is 2.15. The predicted molar refractivity (Wildman–Crippen MR) is 56.8 cm³/mol. The first kappa shape index (κ1) is 11.6. The van der Waals surface area contributed by atoms with E-state index in [1.807, 2.05) is 0 Å². The molecule has 0 aromatic heterocycles. The molecule has 2 N–H and O–H groups in total. The molecular formula is C8H11O4PS. The van der Waals surface area contributed by atoms with Crippen LogP contribution in [0.5, 0.6) is 5.75 Å². The molecule has 0 radical (unpaired) electrons. The third kappa shape index (κ3) is 2.51. The number of methoxy groups -OCH3 is 1. The Morgan fingerprint density at radius 3 is 2.50 bits per heavy atom. The quantitative estimate of drug-likeness (QED) is 0.551. The van der Waals surface area contributed by atoms with Gasteiger partial charge in [-0.3, -0.25) is 4.57 Å². The molecule has 1 unspecified atom stereocenters. The van der Waals surface area contributed by atoms with Gasteiger partial charge in [0.15, 0.2) is 0 Å². The number of rotatable bonds is 3. The van der Waals surface area contributed by atoms with Gasteiger partial charge in [-0.05, 0) is 6.07 Å². The highest BCUT2D eigenvalue weighted by Gasteiger charge is 2.28. The Hall–Kier alpha value is -0.480. The highest BCUT2D eigenvalue weighted by Crippen LogP contribution is 2.55. The van der Waals surface area contributed by atoms with Crippen molar-refractivity contribution in [3.63, 3.8) is 0 Å². The minimum absolute atomic E-state index is 0.395. The fourth-order valence-corrected chi connectivity index (χ4v) is 1.85. The van der Waals surface area contributed by atoms with Gasteiger partial charge in [-0.1, -0.05) is 18.2 Å². The maximum atomic E-state index is 11.0. The van der Waals surface area contributed by atoms with E-state index in [0.717, 1.165) is 0 Å². The third-order valence-electron chi connectivity index (χ3n) is 1.74. The van der Waals surface area contributed by atoms with Crippen LogP contribution in [0, 0.1) is 0 Å². The van der Waals surface area contributed by atoms with Crippen LogP contribution in [0.4, 0.5) is 0 Å². The Morgan fingerprint density at radius 1 is 1.43 bits per heavy atom. The van der Waals surface area contributed by atoms with Gasteiger partial charge >= 0.3 is 7.60 Å². The molecule has 0 saturated heterocycles. The van der Waals surface area contributed by atoms with E-state index >= 15 is 0 Å². The van der Waals surface area contributed by atoms with Crippen molar-refractivity contribution in [2.24, 2.45) is 0 Å². The van der Waals surface area contributed by atoms with Crippen molar-refractivity contribution in [3.8, 4) is 5.75 Å². The molecule has 1 rings (SSSR count). The summed E-state index contributed by atoms with van der Waals surface area (Å²) in [6.07, 6.45) is 0. The van der Waals surface area contributed by atoms with E-state index in [2.05, 4.69) is 12.6 Å². The van der Waals surface area contributed by atoms with E-state index in [-0.39, 0.29) is 0 Å². The lowest BCUT2D eigenvalue weighted by atomic mass is 10.2. The zero-order chi connectivity index (χ0) is 10.8. The Bertz CT molecular complexity index is 362. The normalized spacial score (nSPS) is 13.7. The number of para-hydroxylation sites is 1. The molecule has 0 amide bonds. The summed E-state index contributed by atoms with van der Waals surface area (Å²) in [5, 5.41) is 0. The van der Waals surface area contributed by atoms with Gasteiger partial charge in [-0.25, -0.2) is 0 Å². The van der Waals surface area contributed by atoms with Gasteiger partial charge in [0.2, 0.25) is 0 Å². The summed E-state index contributed by atoms with van der Waals surface area (Å²) in [7, 11) is -2.79. The van der Waals surface area contributed by atoms with Crippen LogP contribution in [0.2, 0.25) is 0 Å². The number of hydrogen-bond acceptors (Lipinski definition) is 3. The first-order valence-corrected chi connectivity index (χ1v) is 6.03. The Kier molecular flexibility index (Phi) is 3.61. The van der Waals surface area contributed by atoms with Crippen LogP contribution in [0.25, 0.3) is 0 Å². The molecule has 78 valence electrons. The van der Waals surface area contributed by atoms with Crippen LogP contribution in [-0.4, -0.2) is 16.9 Å². The second kappa shape index (κ2) is 4.36. The maximum Gasteiger partial charge on any atom is 0.342 e. The van der Waals surface area contributed by atoms with Gasteiger partial charge < -0.3 is 14.5 Å². The zero-order valence-corrected chi connectivity index (χ0v) is 9.28. The molecule has 1 atom stereocenters. The summed E-state index contributed by atoms with van der Waals surface area (Å²) in [6, 6.07) is 6.61. The van der Waals surface area contributed by atoms with Gasteiger partial charge in [0.25, 0.3) is 0 Å². The highest BCUT2D eigenvalue weighted by molar-refractivity contribution is 7.89. The fourth-order valence-electron chi connectivity index (χ4n) is 1.06. The molecule has 14 heavy (non-hydrogen) atoms. The molecule has 0 aliphatic rings. The Balaban J connectivity index is 3.12. The Labute approximate surface area is 87.5 Å². The van der Waals surface area contributed by atoms with Crippen LogP contribution in [0.1, 0.15) is 10.6 Å². The fraction of sp³-hybridized carbons (Fsp3) is 0.250. The number of thiol groups is 1. The van der Waals surface area contributed by atoms with Crippen LogP contribution >= 0.6 is 20.2 Å². The van der Waals surface area contributed by atoms with E-state index in [1.54, 1.807) is 24.3 Å². The van der Waals surface area contributed by atoms with E-state index in [9.17, 15) is 4.57 Å². The van der Waals surface area contributed by atoms with Crippen LogP contribution in [-0.2, 0) is 4.57 Å². The minimum Gasteiger partial charge on any atom is -0.496 e. The van der Waals surface area contributed by atoms with Gasteiger partial charge in [0.1, 0.15) is 10.7 Å². The summed E-state index contributed by atoms with van der Waals surface area (Å²) >= 11 is 3.88. The van der Waals surface area contributed by atoms with Gasteiger partial charge in [-0.2, -0.15) is 12.6 Å². The summed E-state index contributed by atoms with van der Waals surface area (Å²) in [4.78, 5) is 16.7. The first-order chi connectivity index (χ1) is 6.46. The lowest BCUT2D eigenvalue weighted by molar-refractivity contribution is 0.367. The van der Waals surface area contributed by atoms with Crippen LogP contribution in [0.3, 0.4) is 0 Å². The number of benzene rings is 1. The molecule has 1 aromatic rings. The molecule has 1 aromatic carbocycles. The van der Waals surface area contributed by atoms with Crippen molar-refractivity contribution in [1.82, 2.24) is 0 Å². The van der Waals surface area contributed by atoms with Crippen LogP contribution < -0.4 is 4.74 Å². The van der Waals surface area contributed by atoms with Gasteiger partial charge in [0, 0.05) is 5.56 Å². The van der Waals surface area contributed by atoms with E-state index in [1.165, 1.54) is 7.11 Å². The monoisotopic (exact) mass is 234 g/mol. The molecule has 0 aliphatic carbocycles. The Morgan fingerprint density at radius 2 is 2.00 bits per heavy atom. The second-order valence-corrected chi connectivity index (χ2v) is 5.32. The van der Waals surface area contributed by atoms with Crippen molar-refractivity contribution in [1.29, 1.82) is 0 Å². The summed E-state index contributed by atoms with van der Waals surface area (Å²) in [5.41, 5.74) is 0.395. The SMILES string of the molecule is COc1ccccc1C(S)P(=O)(O)O. The minimum atomic E-state index is -4.23. The molecule has 0 aliphatic heterocycles. The smallest absolute Gasteiger partial charge is 0.342 e. The molecule has 0 bridgehead atoms. The molecule has 0 heterocycles. The number of ether oxygens (including phenoxy) is 1. The van der Waals surface area contributed by atoms with E-state index in [0.29, 0.717) is 11.3 Å². The van der Waals surface area contributed by atoms with Crippen molar-refractivity contribution >= 4 is 20.2 Å². The summed E-state index contributed by atoms with van der Waals surface area (Å²) in [6.45, 7) is 0. The zero-order valence-electron chi connectivity index (χ0n) is 7.49. The lowest BCUT2D eigenvalue weighted by Crippen LogP contribution is -1.96. The summed E-state index contributed by atoms with van der Waals surface area (Å²) in [5.74, 6) is 0.427. The molecule has 4 nitrogen and oxygen atoms in total. The number of hydrogen-bond donors (Lipinski definition) is 3. The second-order valence-electron chi connectivity index (χ2n) is 2.70. The average molecular weight is 234 g/mol. The molecule has 0 saturated carbocycles. The maximum absolute atomic E-state index is 11.0. The third-order valence-corrected chi connectivity index (χ3v) is 3.83. The van der Waals surface area contributed by atoms with E-state index < -0.39 is 12.6 Å². The highest BCUT2D eigenvalue weighted by atomic mass is 32.1. The van der Waals surface area contributed by atoms with Crippen molar-refractivity contribution in [2.75, 3.05) is 7.11 Å². The lowest BCUT2D eigenvalue weighted by Gasteiger charge is -2.15.